The summed E-state index contributed by atoms with van der Waals surface area (Å²) in [5.41, 5.74) is 0. The van der Waals surface area contributed by atoms with Gasteiger partial charge in [0.25, 0.3) is 0 Å². The van der Waals surface area contributed by atoms with Crippen LogP contribution in [0.25, 0.3) is 0 Å². The SMILES string of the molecule is O=C(NCCCCCCC(O)O)C1CC2C=CC1C2. The molecular weight excluding hydrogens is 242 g/mol. The van der Waals surface area contributed by atoms with Crippen LogP contribution in [-0.4, -0.2) is 29.0 Å². The number of hydrogen-bond acceptors (Lipinski definition) is 3. The third-order valence-electron chi connectivity index (χ3n) is 4.30. The van der Waals surface area contributed by atoms with E-state index < -0.39 is 6.29 Å². The van der Waals surface area contributed by atoms with E-state index in [1.165, 1.54) is 6.42 Å². The van der Waals surface area contributed by atoms with Crippen molar-refractivity contribution in [1.29, 1.82) is 0 Å². The van der Waals surface area contributed by atoms with Crippen molar-refractivity contribution in [2.75, 3.05) is 6.54 Å². The van der Waals surface area contributed by atoms with Gasteiger partial charge in [-0.3, -0.25) is 4.79 Å². The quantitative estimate of drug-likeness (QED) is 0.355. The molecule has 1 fully saturated rings. The molecule has 1 saturated carbocycles. The van der Waals surface area contributed by atoms with E-state index in [1.54, 1.807) is 0 Å². The van der Waals surface area contributed by atoms with Crippen molar-refractivity contribution in [3.05, 3.63) is 12.2 Å². The first kappa shape index (κ1) is 14.5. The van der Waals surface area contributed by atoms with E-state index in [2.05, 4.69) is 17.5 Å². The number of amides is 1. The number of aliphatic hydroxyl groups excluding tert-OH is 1. The Hall–Kier alpha value is -0.870. The van der Waals surface area contributed by atoms with Gasteiger partial charge in [0.2, 0.25) is 5.91 Å². The van der Waals surface area contributed by atoms with Crippen LogP contribution in [0.2, 0.25) is 0 Å². The minimum atomic E-state index is -1.18. The predicted molar refractivity (Wildman–Crippen MR) is 73.2 cm³/mol. The minimum absolute atomic E-state index is 0.208. The van der Waals surface area contributed by atoms with Gasteiger partial charge >= 0.3 is 0 Å². The molecule has 2 bridgehead atoms. The third-order valence-corrected chi connectivity index (χ3v) is 4.30. The molecule has 3 unspecified atom stereocenters. The highest BCUT2D eigenvalue weighted by atomic mass is 16.5. The Labute approximate surface area is 114 Å². The Bertz CT molecular complexity index is 327. The molecule has 2 rings (SSSR count). The molecule has 3 atom stereocenters. The summed E-state index contributed by atoms with van der Waals surface area (Å²) in [7, 11) is 0. The number of unbranched alkanes of at least 4 members (excludes halogenated alkanes) is 3. The number of allylic oxidation sites excluding steroid dienone is 2. The van der Waals surface area contributed by atoms with Gasteiger partial charge < -0.3 is 15.5 Å². The fourth-order valence-corrected chi connectivity index (χ4v) is 3.23. The van der Waals surface area contributed by atoms with Crippen LogP contribution in [0.1, 0.15) is 44.9 Å². The van der Waals surface area contributed by atoms with Gasteiger partial charge in [-0.2, -0.15) is 0 Å². The van der Waals surface area contributed by atoms with Crippen molar-refractivity contribution >= 4 is 5.91 Å². The van der Waals surface area contributed by atoms with Crippen LogP contribution in [-0.2, 0) is 4.79 Å². The van der Waals surface area contributed by atoms with E-state index in [4.69, 9.17) is 10.2 Å². The first-order valence-corrected chi connectivity index (χ1v) is 7.49. The number of nitrogens with one attached hydrogen (secondary N) is 1. The van der Waals surface area contributed by atoms with Gasteiger partial charge in [0.15, 0.2) is 6.29 Å². The van der Waals surface area contributed by atoms with E-state index in [0.29, 0.717) is 18.3 Å². The molecule has 108 valence electrons. The van der Waals surface area contributed by atoms with Gasteiger partial charge in [0.1, 0.15) is 0 Å². The van der Waals surface area contributed by atoms with Crippen LogP contribution in [0.4, 0.5) is 0 Å². The number of fused-ring (bicyclic) bond motifs is 2. The zero-order valence-electron chi connectivity index (χ0n) is 11.4. The normalized spacial score (nSPS) is 28.3. The van der Waals surface area contributed by atoms with Gasteiger partial charge in [-0.1, -0.05) is 25.0 Å². The van der Waals surface area contributed by atoms with Crippen molar-refractivity contribution in [1.82, 2.24) is 5.32 Å². The highest BCUT2D eigenvalue weighted by Crippen LogP contribution is 2.43. The molecule has 1 amide bonds. The summed E-state index contributed by atoms with van der Waals surface area (Å²) in [5, 5.41) is 20.4. The molecule has 0 aromatic rings. The Kier molecular flexibility index (Phi) is 5.40. The van der Waals surface area contributed by atoms with Crippen LogP contribution >= 0.6 is 0 Å². The van der Waals surface area contributed by atoms with Gasteiger partial charge in [-0.25, -0.2) is 0 Å². The molecule has 19 heavy (non-hydrogen) atoms. The second-order valence-electron chi connectivity index (χ2n) is 5.86. The lowest BCUT2D eigenvalue weighted by molar-refractivity contribution is -0.125. The molecule has 2 aliphatic rings. The van der Waals surface area contributed by atoms with Crippen LogP contribution in [0.5, 0.6) is 0 Å². The van der Waals surface area contributed by atoms with E-state index >= 15 is 0 Å². The molecule has 0 aliphatic heterocycles. The number of carbonyl (C=O) groups excluding carboxylic acids is 1. The largest absolute Gasteiger partial charge is 0.368 e. The lowest BCUT2D eigenvalue weighted by Crippen LogP contribution is -2.33. The summed E-state index contributed by atoms with van der Waals surface area (Å²) in [6, 6.07) is 0. The highest BCUT2D eigenvalue weighted by molar-refractivity contribution is 5.79. The van der Waals surface area contributed by atoms with E-state index in [0.717, 1.165) is 38.6 Å². The summed E-state index contributed by atoms with van der Waals surface area (Å²) < 4.78 is 0. The first-order chi connectivity index (χ1) is 9.16. The zero-order chi connectivity index (χ0) is 13.7. The maximum Gasteiger partial charge on any atom is 0.223 e. The smallest absolute Gasteiger partial charge is 0.223 e. The summed E-state index contributed by atoms with van der Waals surface area (Å²) in [6.07, 6.45) is 9.77. The Morgan fingerprint density at radius 3 is 2.58 bits per heavy atom. The molecule has 0 saturated heterocycles. The third kappa shape index (κ3) is 4.32. The fraction of sp³-hybridized carbons (Fsp3) is 0.800. The minimum Gasteiger partial charge on any atom is -0.368 e. The Morgan fingerprint density at radius 2 is 1.95 bits per heavy atom. The standard InChI is InChI=1S/C15H25NO3/c17-14(18)5-3-1-2-4-8-16-15(19)13-10-11-6-7-12(13)9-11/h6-7,11-14,17-18H,1-5,8-10H2,(H,16,19). The molecule has 4 heteroatoms. The van der Waals surface area contributed by atoms with Crippen LogP contribution in [0.15, 0.2) is 12.2 Å². The Balaban J connectivity index is 1.49. The van der Waals surface area contributed by atoms with Crippen LogP contribution in [0.3, 0.4) is 0 Å². The molecule has 0 heterocycles. The van der Waals surface area contributed by atoms with Crippen LogP contribution in [0, 0.1) is 17.8 Å². The lowest BCUT2D eigenvalue weighted by Gasteiger charge is -2.17. The fourth-order valence-electron chi connectivity index (χ4n) is 3.23. The van der Waals surface area contributed by atoms with Crippen LogP contribution < -0.4 is 5.32 Å². The maximum atomic E-state index is 12.0. The molecular formula is C15H25NO3. The summed E-state index contributed by atoms with van der Waals surface area (Å²) in [6.45, 7) is 0.748. The predicted octanol–water partition coefficient (Wildman–Crippen LogP) is 1.58. The summed E-state index contributed by atoms with van der Waals surface area (Å²) in [5.74, 6) is 1.56. The van der Waals surface area contributed by atoms with E-state index in [1.807, 2.05) is 0 Å². The average molecular weight is 267 g/mol. The van der Waals surface area contributed by atoms with Gasteiger partial charge in [-0.05, 0) is 43.9 Å². The van der Waals surface area contributed by atoms with Gasteiger partial charge in [-0.15, -0.1) is 0 Å². The first-order valence-electron chi connectivity index (χ1n) is 7.49. The highest BCUT2D eigenvalue weighted by Gasteiger charge is 2.39. The average Bonchev–Trinajstić information content (AvgIpc) is 2.99. The van der Waals surface area contributed by atoms with Gasteiger partial charge in [0, 0.05) is 12.5 Å². The molecule has 0 spiro atoms. The topological polar surface area (TPSA) is 69.6 Å². The number of hydrogen-bond donors (Lipinski definition) is 3. The van der Waals surface area contributed by atoms with Crippen molar-refractivity contribution < 1.29 is 15.0 Å². The summed E-state index contributed by atoms with van der Waals surface area (Å²) >= 11 is 0. The van der Waals surface area contributed by atoms with Crippen molar-refractivity contribution in [2.45, 2.75) is 51.2 Å². The number of carbonyl (C=O) groups is 1. The second-order valence-corrected chi connectivity index (χ2v) is 5.86. The van der Waals surface area contributed by atoms with Gasteiger partial charge in [0.05, 0.1) is 0 Å². The van der Waals surface area contributed by atoms with E-state index in [-0.39, 0.29) is 11.8 Å². The molecule has 2 aliphatic carbocycles. The number of rotatable bonds is 8. The molecule has 3 N–H and O–H groups in total. The lowest BCUT2D eigenvalue weighted by atomic mass is 9.93. The second kappa shape index (κ2) is 7.06. The molecule has 0 aromatic carbocycles. The Morgan fingerprint density at radius 1 is 1.16 bits per heavy atom. The molecule has 0 radical (unpaired) electrons. The zero-order valence-corrected chi connectivity index (χ0v) is 11.4. The monoisotopic (exact) mass is 267 g/mol. The van der Waals surface area contributed by atoms with Crippen molar-refractivity contribution in [3.8, 4) is 0 Å². The molecule has 4 nitrogen and oxygen atoms in total. The number of aliphatic hydroxyl groups is 2. The summed E-state index contributed by atoms with van der Waals surface area (Å²) in [4.78, 5) is 12.0. The van der Waals surface area contributed by atoms with E-state index in [9.17, 15) is 4.79 Å². The van der Waals surface area contributed by atoms with Crippen molar-refractivity contribution in [3.63, 3.8) is 0 Å². The maximum absolute atomic E-state index is 12.0. The van der Waals surface area contributed by atoms with Crippen molar-refractivity contribution in [2.24, 2.45) is 17.8 Å². The molecule has 0 aromatic heterocycles.